The molecule has 0 saturated carbocycles. The molecule has 4 heteroatoms. The maximum atomic E-state index is 4.59. The highest BCUT2D eigenvalue weighted by Crippen LogP contribution is 2.36. The lowest BCUT2D eigenvalue weighted by Gasteiger charge is -2.23. The molecule has 1 aliphatic rings. The molecule has 19 heavy (non-hydrogen) atoms. The van der Waals surface area contributed by atoms with Crippen molar-refractivity contribution in [2.45, 2.75) is 26.3 Å². The van der Waals surface area contributed by atoms with E-state index in [1.54, 1.807) is 0 Å². The highest BCUT2D eigenvalue weighted by molar-refractivity contribution is 5.67. The molecule has 2 heterocycles. The van der Waals surface area contributed by atoms with Gasteiger partial charge in [0.1, 0.15) is 5.82 Å². The van der Waals surface area contributed by atoms with E-state index < -0.39 is 0 Å². The Morgan fingerprint density at radius 3 is 2.84 bits per heavy atom. The number of aryl methyl sites for hydroxylation is 1. The highest BCUT2D eigenvalue weighted by Gasteiger charge is 2.28. The van der Waals surface area contributed by atoms with Gasteiger partial charge in [-0.25, -0.2) is 4.98 Å². The van der Waals surface area contributed by atoms with Crippen LogP contribution in [0.2, 0.25) is 0 Å². The second-order valence-electron chi connectivity index (χ2n) is 5.00. The molecule has 4 nitrogen and oxygen atoms in total. The highest BCUT2D eigenvalue weighted by atomic mass is 15.3. The number of nitrogens with one attached hydrogen (secondary N) is 1. The zero-order chi connectivity index (χ0) is 13.4. The zero-order valence-corrected chi connectivity index (χ0v) is 11.5. The molecule has 0 spiro atoms. The van der Waals surface area contributed by atoms with E-state index in [0.717, 1.165) is 23.9 Å². The van der Waals surface area contributed by atoms with Gasteiger partial charge in [0.2, 0.25) is 5.95 Å². The Hall–Kier alpha value is -2.10. The molecule has 0 amide bonds. The first kappa shape index (κ1) is 12.0. The molecule has 0 radical (unpaired) electrons. The number of aromatic nitrogens is 2. The van der Waals surface area contributed by atoms with Gasteiger partial charge in [0, 0.05) is 30.5 Å². The Bertz CT molecular complexity index is 609. The van der Waals surface area contributed by atoms with Gasteiger partial charge in [-0.2, -0.15) is 4.98 Å². The third-order valence-electron chi connectivity index (χ3n) is 3.52. The molecule has 0 saturated heterocycles. The molecule has 1 atom stereocenters. The van der Waals surface area contributed by atoms with Crippen LogP contribution in [-0.2, 0) is 6.42 Å². The molecule has 1 aromatic heterocycles. The summed E-state index contributed by atoms with van der Waals surface area (Å²) in [6.45, 7) is 4.21. The summed E-state index contributed by atoms with van der Waals surface area (Å²) in [7, 11) is 1.88. The Morgan fingerprint density at radius 2 is 2.05 bits per heavy atom. The van der Waals surface area contributed by atoms with Crippen molar-refractivity contribution in [1.29, 1.82) is 0 Å². The minimum atomic E-state index is 0.393. The molecule has 0 aliphatic carbocycles. The first-order valence-electron chi connectivity index (χ1n) is 6.59. The largest absolute Gasteiger partial charge is 0.373 e. The van der Waals surface area contributed by atoms with Gasteiger partial charge >= 0.3 is 0 Å². The number of benzene rings is 1. The summed E-state index contributed by atoms with van der Waals surface area (Å²) in [5.41, 5.74) is 3.57. The van der Waals surface area contributed by atoms with E-state index in [1.165, 1.54) is 11.3 Å². The lowest BCUT2D eigenvalue weighted by Crippen LogP contribution is -2.26. The number of para-hydroxylation sites is 1. The Morgan fingerprint density at radius 1 is 1.26 bits per heavy atom. The van der Waals surface area contributed by atoms with Crippen LogP contribution in [0.5, 0.6) is 0 Å². The lowest BCUT2D eigenvalue weighted by atomic mass is 10.1. The summed E-state index contributed by atoms with van der Waals surface area (Å²) in [5, 5.41) is 3.09. The lowest BCUT2D eigenvalue weighted by molar-refractivity contribution is 0.738. The number of rotatable bonds is 2. The summed E-state index contributed by atoms with van der Waals surface area (Å²) in [6.07, 6.45) is 1.04. The molecular formula is C15H18N4. The zero-order valence-electron chi connectivity index (χ0n) is 11.5. The van der Waals surface area contributed by atoms with Gasteiger partial charge in [-0.05, 0) is 31.9 Å². The van der Waals surface area contributed by atoms with Crippen LogP contribution in [0, 0.1) is 6.92 Å². The average Bonchev–Trinajstić information content (AvgIpc) is 2.73. The first-order valence-corrected chi connectivity index (χ1v) is 6.59. The van der Waals surface area contributed by atoms with Gasteiger partial charge in [-0.15, -0.1) is 0 Å². The van der Waals surface area contributed by atoms with Crippen molar-refractivity contribution in [3.63, 3.8) is 0 Å². The van der Waals surface area contributed by atoms with E-state index in [-0.39, 0.29) is 0 Å². The predicted molar refractivity (Wildman–Crippen MR) is 78.1 cm³/mol. The summed E-state index contributed by atoms with van der Waals surface area (Å²) in [6, 6.07) is 10.8. The summed E-state index contributed by atoms with van der Waals surface area (Å²) >= 11 is 0. The van der Waals surface area contributed by atoms with Crippen LogP contribution in [0.25, 0.3) is 0 Å². The SMILES string of the molecule is CNc1cc(C)nc(N2c3ccccc3C[C@H]2C)n1. The van der Waals surface area contributed by atoms with E-state index in [1.807, 2.05) is 20.0 Å². The summed E-state index contributed by atoms with van der Waals surface area (Å²) < 4.78 is 0. The molecule has 1 N–H and O–H groups in total. The minimum absolute atomic E-state index is 0.393. The summed E-state index contributed by atoms with van der Waals surface area (Å²) in [4.78, 5) is 11.4. The Kier molecular flexibility index (Phi) is 2.85. The van der Waals surface area contributed by atoms with Crippen LogP contribution < -0.4 is 10.2 Å². The van der Waals surface area contributed by atoms with Gasteiger partial charge in [-0.3, -0.25) is 0 Å². The van der Waals surface area contributed by atoms with Crippen molar-refractivity contribution in [1.82, 2.24) is 9.97 Å². The summed E-state index contributed by atoms with van der Waals surface area (Å²) in [5.74, 6) is 1.64. The first-order chi connectivity index (χ1) is 9.19. The second-order valence-corrected chi connectivity index (χ2v) is 5.00. The van der Waals surface area contributed by atoms with Gasteiger partial charge in [0.25, 0.3) is 0 Å². The number of nitrogens with zero attached hydrogens (tertiary/aromatic N) is 3. The topological polar surface area (TPSA) is 41.1 Å². The molecule has 0 unspecified atom stereocenters. The molecule has 2 aromatic rings. The van der Waals surface area contributed by atoms with Crippen molar-refractivity contribution < 1.29 is 0 Å². The predicted octanol–water partition coefficient (Wildman–Crippen LogP) is 2.91. The second kappa shape index (κ2) is 4.53. The van der Waals surface area contributed by atoms with Crippen molar-refractivity contribution in [3.8, 4) is 0 Å². The Labute approximate surface area is 113 Å². The molecule has 0 bridgehead atoms. The molecular weight excluding hydrogens is 236 g/mol. The maximum Gasteiger partial charge on any atom is 0.232 e. The maximum absolute atomic E-state index is 4.59. The third-order valence-corrected chi connectivity index (χ3v) is 3.52. The van der Waals surface area contributed by atoms with Crippen molar-refractivity contribution in [3.05, 3.63) is 41.6 Å². The van der Waals surface area contributed by atoms with E-state index in [9.17, 15) is 0 Å². The quantitative estimate of drug-likeness (QED) is 0.894. The monoisotopic (exact) mass is 254 g/mol. The number of fused-ring (bicyclic) bond motifs is 1. The fourth-order valence-electron chi connectivity index (χ4n) is 2.66. The van der Waals surface area contributed by atoms with E-state index >= 15 is 0 Å². The molecule has 1 aliphatic heterocycles. The average molecular weight is 254 g/mol. The van der Waals surface area contributed by atoms with Crippen LogP contribution in [0.3, 0.4) is 0 Å². The van der Waals surface area contributed by atoms with Gasteiger partial charge < -0.3 is 10.2 Å². The van der Waals surface area contributed by atoms with Gasteiger partial charge in [0.15, 0.2) is 0 Å². The fourth-order valence-corrected chi connectivity index (χ4v) is 2.66. The van der Waals surface area contributed by atoms with Gasteiger partial charge in [0.05, 0.1) is 0 Å². The molecule has 98 valence electrons. The van der Waals surface area contributed by atoms with Crippen molar-refractivity contribution in [2.75, 3.05) is 17.3 Å². The normalized spacial score (nSPS) is 17.4. The van der Waals surface area contributed by atoms with Crippen molar-refractivity contribution >= 4 is 17.5 Å². The number of hydrogen-bond donors (Lipinski definition) is 1. The van der Waals surface area contributed by atoms with Crippen LogP contribution in [0.1, 0.15) is 18.2 Å². The van der Waals surface area contributed by atoms with Crippen LogP contribution >= 0.6 is 0 Å². The number of anilines is 3. The fraction of sp³-hybridized carbons (Fsp3) is 0.333. The standard InChI is InChI=1S/C15H18N4/c1-10-8-14(16-3)18-15(17-10)19-11(2)9-12-6-4-5-7-13(12)19/h4-8,11H,9H2,1-3H3,(H,16,17,18)/t11-/m1/s1. The number of hydrogen-bond acceptors (Lipinski definition) is 4. The Balaban J connectivity index is 2.09. The third kappa shape index (κ3) is 2.03. The van der Waals surface area contributed by atoms with Gasteiger partial charge in [-0.1, -0.05) is 18.2 Å². The van der Waals surface area contributed by atoms with Crippen LogP contribution in [-0.4, -0.2) is 23.1 Å². The van der Waals surface area contributed by atoms with Crippen molar-refractivity contribution in [2.24, 2.45) is 0 Å². The molecule has 1 aromatic carbocycles. The van der Waals surface area contributed by atoms with E-state index in [4.69, 9.17) is 0 Å². The smallest absolute Gasteiger partial charge is 0.232 e. The van der Waals surface area contributed by atoms with Crippen LogP contribution in [0.4, 0.5) is 17.5 Å². The molecule has 0 fully saturated rings. The van der Waals surface area contributed by atoms with E-state index in [2.05, 4.69) is 51.4 Å². The van der Waals surface area contributed by atoms with E-state index in [0.29, 0.717) is 6.04 Å². The molecule has 3 rings (SSSR count). The van der Waals surface area contributed by atoms with Crippen LogP contribution in [0.15, 0.2) is 30.3 Å². The minimum Gasteiger partial charge on any atom is -0.373 e.